The predicted octanol–water partition coefficient (Wildman–Crippen LogP) is 2.28. The van der Waals surface area contributed by atoms with E-state index in [4.69, 9.17) is 11.6 Å². The molecule has 4 nitrogen and oxygen atoms in total. The highest BCUT2D eigenvalue weighted by atomic mass is 35.5. The van der Waals surface area contributed by atoms with Gasteiger partial charge in [0.1, 0.15) is 0 Å². The van der Waals surface area contributed by atoms with Crippen LogP contribution in [0.3, 0.4) is 0 Å². The first-order valence-corrected chi connectivity index (χ1v) is 6.98. The van der Waals surface area contributed by atoms with E-state index in [1.165, 1.54) is 11.8 Å². The number of anilines is 1. The van der Waals surface area contributed by atoms with Crippen LogP contribution in [0.2, 0.25) is 5.02 Å². The molecule has 2 rings (SSSR count). The molecule has 0 unspecified atom stereocenters. The number of thioether (sulfide) groups is 1. The molecule has 1 amide bonds. The van der Waals surface area contributed by atoms with E-state index in [9.17, 15) is 4.79 Å². The second-order valence-corrected chi connectivity index (χ2v) is 5.31. The third kappa shape index (κ3) is 3.65. The van der Waals surface area contributed by atoms with Crippen molar-refractivity contribution in [2.45, 2.75) is 6.92 Å². The number of nitrogens with one attached hydrogen (secondary N) is 2. The van der Waals surface area contributed by atoms with Crippen molar-refractivity contribution >= 4 is 40.1 Å². The van der Waals surface area contributed by atoms with Gasteiger partial charge in [0.2, 0.25) is 5.91 Å². The summed E-state index contributed by atoms with van der Waals surface area (Å²) in [5.41, 5.74) is 1.75. The molecule has 0 bridgehead atoms. The van der Waals surface area contributed by atoms with Gasteiger partial charge in [0.15, 0.2) is 5.17 Å². The van der Waals surface area contributed by atoms with E-state index < -0.39 is 0 Å². The molecule has 96 valence electrons. The Morgan fingerprint density at radius 2 is 2.44 bits per heavy atom. The van der Waals surface area contributed by atoms with E-state index in [0.29, 0.717) is 10.8 Å². The lowest BCUT2D eigenvalue weighted by molar-refractivity contribution is -0.113. The van der Waals surface area contributed by atoms with Crippen LogP contribution in [-0.4, -0.2) is 29.9 Å². The number of benzene rings is 1. The zero-order valence-corrected chi connectivity index (χ0v) is 11.6. The largest absolute Gasteiger partial charge is 0.363 e. The number of aryl methyl sites for hydroxylation is 1. The Balaban J connectivity index is 1.86. The molecule has 0 aromatic heterocycles. The highest BCUT2D eigenvalue weighted by Gasteiger charge is 2.10. The molecular weight excluding hydrogens is 270 g/mol. The Hall–Kier alpha value is -1.20. The van der Waals surface area contributed by atoms with Gasteiger partial charge in [-0.1, -0.05) is 23.4 Å². The van der Waals surface area contributed by atoms with E-state index in [1.807, 2.05) is 19.1 Å². The van der Waals surface area contributed by atoms with Crippen molar-refractivity contribution in [3.05, 3.63) is 28.8 Å². The van der Waals surface area contributed by atoms with Gasteiger partial charge >= 0.3 is 0 Å². The predicted molar refractivity (Wildman–Crippen MR) is 77.6 cm³/mol. The third-order valence-corrected chi connectivity index (χ3v) is 3.63. The maximum atomic E-state index is 11.8. The highest BCUT2D eigenvalue weighted by molar-refractivity contribution is 8.14. The second-order valence-electron chi connectivity index (χ2n) is 3.91. The monoisotopic (exact) mass is 283 g/mol. The van der Waals surface area contributed by atoms with Gasteiger partial charge in [-0.05, 0) is 30.7 Å². The molecule has 1 heterocycles. The summed E-state index contributed by atoms with van der Waals surface area (Å²) in [5, 5.41) is 7.49. The Morgan fingerprint density at radius 1 is 1.61 bits per heavy atom. The lowest BCUT2D eigenvalue weighted by atomic mass is 10.2. The lowest BCUT2D eigenvalue weighted by Crippen LogP contribution is -2.20. The van der Waals surface area contributed by atoms with Crippen LogP contribution in [0.4, 0.5) is 5.69 Å². The molecule has 2 N–H and O–H groups in total. The molecule has 1 aliphatic heterocycles. The van der Waals surface area contributed by atoms with Crippen LogP contribution in [0.25, 0.3) is 0 Å². The van der Waals surface area contributed by atoms with E-state index in [2.05, 4.69) is 15.6 Å². The highest BCUT2D eigenvalue weighted by Crippen LogP contribution is 2.19. The summed E-state index contributed by atoms with van der Waals surface area (Å²) < 4.78 is 0. The zero-order chi connectivity index (χ0) is 13.0. The van der Waals surface area contributed by atoms with Crippen molar-refractivity contribution in [2.75, 3.05) is 24.2 Å². The van der Waals surface area contributed by atoms with Crippen molar-refractivity contribution in [3.63, 3.8) is 0 Å². The molecule has 18 heavy (non-hydrogen) atoms. The number of amides is 1. The third-order valence-electron chi connectivity index (χ3n) is 2.45. The number of nitrogens with zero attached hydrogens (tertiary/aromatic N) is 1. The Kier molecular flexibility index (Phi) is 4.49. The Bertz CT molecular complexity index is 490. The van der Waals surface area contributed by atoms with Crippen LogP contribution < -0.4 is 10.6 Å². The molecule has 0 radical (unpaired) electrons. The van der Waals surface area contributed by atoms with Crippen LogP contribution in [0.1, 0.15) is 5.56 Å². The van der Waals surface area contributed by atoms with E-state index in [-0.39, 0.29) is 5.91 Å². The minimum atomic E-state index is -0.0400. The first-order chi connectivity index (χ1) is 8.65. The molecule has 0 atom stereocenters. The molecule has 6 heteroatoms. The number of halogens is 1. The lowest BCUT2D eigenvalue weighted by Gasteiger charge is -2.08. The van der Waals surface area contributed by atoms with Gasteiger partial charge in [-0.2, -0.15) is 0 Å². The number of hydrogen-bond donors (Lipinski definition) is 2. The van der Waals surface area contributed by atoms with E-state index in [1.54, 1.807) is 6.07 Å². The van der Waals surface area contributed by atoms with Crippen molar-refractivity contribution < 1.29 is 4.79 Å². The SMILES string of the molecule is Cc1cc(Cl)ccc1NC(=O)CSC1=NCCN1. The fourth-order valence-corrected chi connectivity index (χ4v) is 2.51. The van der Waals surface area contributed by atoms with Gasteiger partial charge in [0.05, 0.1) is 12.3 Å². The topological polar surface area (TPSA) is 53.5 Å². The number of hydrogen-bond acceptors (Lipinski definition) is 4. The number of aliphatic imine (C=N–C) groups is 1. The molecule has 0 saturated heterocycles. The number of rotatable bonds is 3. The van der Waals surface area contributed by atoms with E-state index >= 15 is 0 Å². The normalized spacial score (nSPS) is 14.0. The van der Waals surface area contributed by atoms with Crippen LogP contribution in [-0.2, 0) is 4.79 Å². The van der Waals surface area contributed by atoms with Crippen LogP contribution in [0, 0.1) is 6.92 Å². The van der Waals surface area contributed by atoms with Gasteiger partial charge in [-0.25, -0.2) is 0 Å². The minimum Gasteiger partial charge on any atom is -0.363 e. The number of carbonyl (C=O) groups excluding carboxylic acids is 1. The molecule has 0 spiro atoms. The summed E-state index contributed by atoms with van der Waals surface area (Å²) in [6.07, 6.45) is 0. The zero-order valence-electron chi connectivity index (χ0n) is 10.00. The maximum Gasteiger partial charge on any atom is 0.234 e. The summed E-state index contributed by atoms with van der Waals surface area (Å²) >= 11 is 7.28. The van der Waals surface area contributed by atoms with Gasteiger partial charge in [0.25, 0.3) is 0 Å². The van der Waals surface area contributed by atoms with Crippen molar-refractivity contribution in [2.24, 2.45) is 4.99 Å². The summed E-state index contributed by atoms with van der Waals surface area (Å²) in [7, 11) is 0. The molecule has 0 fully saturated rings. The summed E-state index contributed by atoms with van der Waals surface area (Å²) in [4.78, 5) is 16.0. The number of amidine groups is 1. The van der Waals surface area contributed by atoms with Crippen molar-refractivity contribution in [3.8, 4) is 0 Å². The number of carbonyl (C=O) groups is 1. The molecule has 1 aliphatic rings. The standard InChI is InChI=1S/C12H14ClN3OS/c1-8-6-9(13)2-3-10(8)16-11(17)7-18-12-14-4-5-15-12/h2-3,6H,4-5,7H2,1H3,(H,14,15)(H,16,17). The molecule has 0 aliphatic carbocycles. The first kappa shape index (κ1) is 13.2. The smallest absolute Gasteiger partial charge is 0.234 e. The minimum absolute atomic E-state index is 0.0400. The average molecular weight is 284 g/mol. The van der Waals surface area contributed by atoms with Crippen molar-refractivity contribution in [1.82, 2.24) is 5.32 Å². The van der Waals surface area contributed by atoms with Gasteiger partial charge in [0, 0.05) is 17.3 Å². The molecular formula is C12H14ClN3OS. The van der Waals surface area contributed by atoms with Gasteiger partial charge in [-0.3, -0.25) is 9.79 Å². The van der Waals surface area contributed by atoms with Gasteiger partial charge < -0.3 is 10.6 Å². The molecule has 1 aromatic carbocycles. The quantitative estimate of drug-likeness (QED) is 0.895. The van der Waals surface area contributed by atoms with Crippen molar-refractivity contribution in [1.29, 1.82) is 0 Å². The summed E-state index contributed by atoms with van der Waals surface area (Å²) in [5.74, 6) is 0.315. The molecule has 1 aromatic rings. The van der Waals surface area contributed by atoms with E-state index in [0.717, 1.165) is 29.5 Å². The van der Waals surface area contributed by atoms with Crippen LogP contribution in [0.5, 0.6) is 0 Å². The fraction of sp³-hybridized carbons (Fsp3) is 0.333. The molecule has 0 saturated carbocycles. The average Bonchev–Trinajstić information content (AvgIpc) is 2.83. The first-order valence-electron chi connectivity index (χ1n) is 5.62. The van der Waals surface area contributed by atoms with Crippen LogP contribution in [0.15, 0.2) is 23.2 Å². The summed E-state index contributed by atoms with van der Waals surface area (Å²) in [6.45, 7) is 3.57. The summed E-state index contributed by atoms with van der Waals surface area (Å²) in [6, 6.07) is 5.40. The Labute approximate surface area is 115 Å². The second kappa shape index (κ2) is 6.11. The van der Waals surface area contributed by atoms with Crippen LogP contribution >= 0.6 is 23.4 Å². The maximum absolute atomic E-state index is 11.8. The Morgan fingerprint density at radius 3 is 3.11 bits per heavy atom. The van der Waals surface area contributed by atoms with Gasteiger partial charge in [-0.15, -0.1) is 0 Å². The fourth-order valence-electron chi connectivity index (χ4n) is 1.56.